The monoisotopic (exact) mass is 604 g/mol. The summed E-state index contributed by atoms with van der Waals surface area (Å²) in [5, 5.41) is 19.2. The third-order valence-electron chi connectivity index (χ3n) is 9.05. The third kappa shape index (κ3) is 4.60. The number of rotatable bonds is 4. The van der Waals surface area contributed by atoms with Crippen molar-refractivity contribution in [1.29, 1.82) is 0 Å². The first-order chi connectivity index (χ1) is 22.8. The van der Waals surface area contributed by atoms with Gasteiger partial charge in [-0.2, -0.15) is 0 Å². The van der Waals surface area contributed by atoms with Gasteiger partial charge in [0.05, 0.1) is 0 Å². The standard InChI is InChI=1S/C32H19P.C12H10O/c1-3-19-7-9-23-13-17-27(25-15-11-21(5-1)29(19)31(23)25)33-28-18-14-24-10-8-20-4-2-6-22-12-16-26(28)32(24)30(20)22;1-3-7-11(8-4-1)13-12-9-5-2-6-10-12/h1-18,33H;1-10H. The Morgan fingerprint density at radius 1 is 0.283 bits per heavy atom. The molecule has 0 fully saturated rings. The normalized spacial score (nSPS) is 11.6. The molecule has 2 heteroatoms. The van der Waals surface area contributed by atoms with Crippen molar-refractivity contribution in [2.45, 2.75) is 0 Å². The molecule has 1 nitrogen and oxygen atoms in total. The van der Waals surface area contributed by atoms with E-state index in [0.717, 1.165) is 11.5 Å². The Bertz CT molecular complexity index is 2410. The van der Waals surface area contributed by atoms with Gasteiger partial charge in [0.1, 0.15) is 11.5 Å². The summed E-state index contributed by atoms with van der Waals surface area (Å²) in [4.78, 5) is 0. The minimum atomic E-state index is 0.613. The van der Waals surface area contributed by atoms with E-state index in [0.29, 0.717) is 8.58 Å². The molecule has 10 aromatic rings. The van der Waals surface area contributed by atoms with Gasteiger partial charge in [-0.1, -0.05) is 154 Å². The van der Waals surface area contributed by atoms with E-state index in [1.165, 1.54) is 75.2 Å². The number of benzene rings is 10. The second-order valence-electron chi connectivity index (χ2n) is 11.8. The minimum absolute atomic E-state index is 0.613. The van der Waals surface area contributed by atoms with Crippen molar-refractivity contribution in [1.82, 2.24) is 0 Å². The summed E-state index contributed by atoms with van der Waals surface area (Å²) < 4.78 is 5.58. The van der Waals surface area contributed by atoms with E-state index in [-0.39, 0.29) is 0 Å². The van der Waals surface area contributed by atoms with Gasteiger partial charge in [0, 0.05) is 0 Å². The van der Waals surface area contributed by atoms with E-state index in [1.54, 1.807) is 0 Å². The molecule has 0 aliphatic carbocycles. The fourth-order valence-electron chi connectivity index (χ4n) is 6.95. The van der Waals surface area contributed by atoms with Gasteiger partial charge < -0.3 is 4.74 Å². The van der Waals surface area contributed by atoms with Crippen molar-refractivity contribution in [3.8, 4) is 11.5 Å². The molecule has 0 unspecified atom stereocenters. The Labute approximate surface area is 269 Å². The lowest BCUT2D eigenvalue weighted by atomic mass is 9.94. The molecule has 0 saturated carbocycles. The van der Waals surface area contributed by atoms with Crippen LogP contribution < -0.4 is 15.3 Å². The summed E-state index contributed by atoms with van der Waals surface area (Å²) in [7, 11) is 0.613. The summed E-state index contributed by atoms with van der Waals surface area (Å²) in [5.74, 6) is 1.74. The molecule has 0 N–H and O–H groups in total. The van der Waals surface area contributed by atoms with Crippen molar-refractivity contribution in [3.63, 3.8) is 0 Å². The van der Waals surface area contributed by atoms with Crippen molar-refractivity contribution in [2.24, 2.45) is 0 Å². The van der Waals surface area contributed by atoms with Crippen LogP contribution >= 0.6 is 8.58 Å². The van der Waals surface area contributed by atoms with Crippen molar-refractivity contribution in [3.05, 3.63) is 170 Å². The molecule has 0 aliphatic rings. The molecular formula is C44H29OP. The van der Waals surface area contributed by atoms with Crippen LogP contribution in [0.5, 0.6) is 11.5 Å². The molecule has 0 saturated heterocycles. The fraction of sp³-hybridized carbons (Fsp3) is 0. The maximum absolute atomic E-state index is 5.58. The quantitative estimate of drug-likeness (QED) is 0.143. The Kier molecular flexibility index (Phi) is 6.51. The highest BCUT2D eigenvalue weighted by atomic mass is 31.1. The SMILES string of the molecule is c1cc2ccc3ccc(Pc4ccc5ccc6cccc7ccc4c5c67)c4ccc(c1)c2c34.c1ccc(Oc2ccccc2)cc1. The highest BCUT2D eigenvalue weighted by Gasteiger charge is 2.14. The molecule has 0 aromatic heterocycles. The number of hydrogen-bond acceptors (Lipinski definition) is 1. The van der Waals surface area contributed by atoms with Gasteiger partial charge in [-0.25, -0.2) is 0 Å². The van der Waals surface area contributed by atoms with Gasteiger partial charge in [0.25, 0.3) is 0 Å². The van der Waals surface area contributed by atoms with Crippen LogP contribution in [-0.2, 0) is 0 Å². The van der Waals surface area contributed by atoms with E-state index in [1.807, 2.05) is 60.7 Å². The van der Waals surface area contributed by atoms with Crippen LogP contribution in [-0.4, -0.2) is 0 Å². The third-order valence-corrected chi connectivity index (χ3v) is 10.5. The molecule has 0 heterocycles. The molecular weight excluding hydrogens is 575 g/mol. The summed E-state index contributed by atoms with van der Waals surface area (Å²) >= 11 is 0. The van der Waals surface area contributed by atoms with E-state index >= 15 is 0 Å². The molecule has 216 valence electrons. The second-order valence-corrected chi connectivity index (χ2v) is 13.1. The van der Waals surface area contributed by atoms with Crippen LogP contribution in [0.3, 0.4) is 0 Å². The number of ether oxygens (including phenoxy) is 1. The minimum Gasteiger partial charge on any atom is -0.457 e. The average Bonchev–Trinajstić information content (AvgIpc) is 3.12. The van der Waals surface area contributed by atoms with Crippen LogP contribution in [0.25, 0.3) is 64.6 Å². The lowest BCUT2D eigenvalue weighted by Gasteiger charge is -2.16. The zero-order chi connectivity index (χ0) is 30.5. The van der Waals surface area contributed by atoms with Gasteiger partial charge >= 0.3 is 0 Å². The lowest BCUT2D eigenvalue weighted by Crippen LogP contribution is -2.07. The first-order valence-corrected chi connectivity index (χ1v) is 16.7. The van der Waals surface area contributed by atoms with Crippen LogP contribution in [0.2, 0.25) is 0 Å². The molecule has 0 aliphatic heterocycles. The highest BCUT2D eigenvalue weighted by Crippen LogP contribution is 2.38. The van der Waals surface area contributed by atoms with Gasteiger partial charge in [-0.3, -0.25) is 0 Å². The lowest BCUT2D eigenvalue weighted by molar-refractivity contribution is 0.482. The average molecular weight is 605 g/mol. The molecule has 0 atom stereocenters. The largest absolute Gasteiger partial charge is 0.457 e. The fourth-order valence-corrected chi connectivity index (χ4v) is 8.26. The topological polar surface area (TPSA) is 9.23 Å². The summed E-state index contributed by atoms with van der Waals surface area (Å²) in [6.45, 7) is 0. The van der Waals surface area contributed by atoms with Crippen molar-refractivity contribution >= 4 is 83.8 Å². The molecule has 0 radical (unpaired) electrons. The first-order valence-electron chi connectivity index (χ1n) is 15.7. The molecule has 10 aromatic carbocycles. The molecule has 0 spiro atoms. The zero-order valence-electron chi connectivity index (χ0n) is 25.1. The summed E-state index contributed by atoms with van der Waals surface area (Å²) in [6.07, 6.45) is 0. The maximum Gasteiger partial charge on any atom is 0.127 e. The van der Waals surface area contributed by atoms with Crippen LogP contribution in [0.1, 0.15) is 0 Å². The predicted molar refractivity (Wildman–Crippen MR) is 201 cm³/mol. The Morgan fingerprint density at radius 2 is 0.630 bits per heavy atom. The van der Waals surface area contributed by atoms with E-state index in [4.69, 9.17) is 4.74 Å². The smallest absolute Gasteiger partial charge is 0.127 e. The highest BCUT2D eigenvalue weighted by molar-refractivity contribution is 7.56. The van der Waals surface area contributed by atoms with Gasteiger partial charge in [-0.15, -0.1) is 0 Å². The Morgan fingerprint density at radius 3 is 1.04 bits per heavy atom. The van der Waals surface area contributed by atoms with Crippen molar-refractivity contribution in [2.75, 3.05) is 0 Å². The van der Waals surface area contributed by atoms with E-state index < -0.39 is 0 Å². The zero-order valence-corrected chi connectivity index (χ0v) is 26.1. The Balaban J connectivity index is 0.000000189. The molecule has 10 rings (SSSR count). The van der Waals surface area contributed by atoms with E-state index in [2.05, 4.69) is 109 Å². The number of hydrogen-bond donors (Lipinski definition) is 0. The van der Waals surface area contributed by atoms with Crippen molar-refractivity contribution < 1.29 is 4.74 Å². The Hall–Kier alpha value is -5.49. The molecule has 0 bridgehead atoms. The van der Waals surface area contributed by atoms with Crippen LogP contribution in [0.15, 0.2) is 170 Å². The maximum atomic E-state index is 5.58. The van der Waals surface area contributed by atoms with Gasteiger partial charge in [0.2, 0.25) is 0 Å². The first kappa shape index (κ1) is 26.9. The molecule has 46 heavy (non-hydrogen) atoms. The number of para-hydroxylation sites is 2. The van der Waals surface area contributed by atoms with E-state index in [9.17, 15) is 0 Å². The van der Waals surface area contributed by atoms with Crippen LogP contribution in [0.4, 0.5) is 0 Å². The predicted octanol–water partition coefficient (Wildman–Crippen LogP) is 11.6. The van der Waals surface area contributed by atoms with Gasteiger partial charge in [0.15, 0.2) is 0 Å². The molecule has 0 amide bonds. The van der Waals surface area contributed by atoms with Gasteiger partial charge in [-0.05, 0) is 99.5 Å². The second kappa shape index (κ2) is 11.1. The summed E-state index contributed by atoms with van der Waals surface area (Å²) in [5.41, 5.74) is 0. The van der Waals surface area contributed by atoms with Crippen LogP contribution in [0, 0.1) is 0 Å². The summed E-state index contributed by atoms with van der Waals surface area (Å²) in [6, 6.07) is 60.4.